The summed E-state index contributed by atoms with van der Waals surface area (Å²) in [6, 6.07) is 0. The number of likely N-dealkylation sites (N-methyl/N-ethyl adjacent to an activating group) is 1. The topological polar surface area (TPSA) is 57.7 Å². The number of amides is 1. The summed E-state index contributed by atoms with van der Waals surface area (Å²) < 4.78 is 22.6. The van der Waals surface area contributed by atoms with Gasteiger partial charge in [0.1, 0.15) is 9.84 Å². The van der Waals surface area contributed by atoms with Gasteiger partial charge < -0.3 is 9.80 Å². The molecule has 0 radical (unpaired) electrons. The number of hydrogen-bond acceptors (Lipinski definition) is 4. The Morgan fingerprint density at radius 1 is 1.06 bits per heavy atom. The van der Waals surface area contributed by atoms with Crippen LogP contribution in [-0.2, 0) is 14.6 Å². The van der Waals surface area contributed by atoms with Gasteiger partial charge in [0.05, 0.1) is 11.5 Å². The zero-order valence-electron chi connectivity index (χ0n) is 10.3. The van der Waals surface area contributed by atoms with Gasteiger partial charge in [-0.2, -0.15) is 0 Å². The number of hydrogen-bond donors (Lipinski definition) is 0. The van der Waals surface area contributed by atoms with Crippen molar-refractivity contribution in [3.05, 3.63) is 0 Å². The van der Waals surface area contributed by atoms with Crippen molar-refractivity contribution >= 4 is 15.7 Å². The monoisotopic (exact) mass is 260 g/mol. The number of rotatable bonds is 1. The zero-order chi connectivity index (χ0) is 12.5. The van der Waals surface area contributed by atoms with Gasteiger partial charge in [-0.3, -0.25) is 4.79 Å². The van der Waals surface area contributed by atoms with E-state index >= 15 is 0 Å². The lowest BCUT2D eigenvalue weighted by atomic mass is 10.0. The van der Waals surface area contributed by atoms with Crippen LogP contribution in [0.15, 0.2) is 0 Å². The van der Waals surface area contributed by atoms with Crippen molar-refractivity contribution in [1.29, 1.82) is 0 Å². The molecule has 0 unspecified atom stereocenters. The third-order valence-corrected chi connectivity index (χ3v) is 5.43. The summed E-state index contributed by atoms with van der Waals surface area (Å²) in [5.41, 5.74) is 0. The fourth-order valence-corrected chi connectivity index (χ4v) is 3.91. The third kappa shape index (κ3) is 3.19. The first-order valence-corrected chi connectivity index (χ1v) is 7.98. The Kier molecular flexibility index (Phi) is 3.73. The highest BCUT2D eigenvalue weighted by Gasteiger charge is 2.32. The molecule has 2 aliphatic rings. The molecule has 2 rings (SSSR count). The van der Waals surface area contributed by atoms with E-state index < -0.39 is 9.84 Å². The minimum absolute atomic E-state index is 0.0677. The average Bonchev–Trinajstić information content (AvgIpc) is 2.29. The predicted octanol–water partition coefficient (Wildman–Crippen LogP) is -0.415. The molecule has 2 fully saturated rings. The van der Waals surface area contributed by atoms with E-state index in [1.54, 1.807) is 0 Å². The molecule has 0 aromatic carbocycles. The summed E-state index contributed by atoms with van der Waals surface area (Å²) in [5, 5.41) is 0. The fraction of sp³-hybridized carbons (Fsp3) is 0.909. The Labute approximate surface area is 103 Å². The van der Waals surface area contributed by atoms with Crippen molar-refractivity contribution in [1.82, 2.24) is 9.80 Å². The number of carbonyl (C=O) groups excluding carboxylic acids is 1. The second-order valence-electron chi connectivity index (χ2n) is 5.05. The average molecular weight is 260 g/mol. The van der Waals surface area contributed by atoms with Gasteiger partial charge in [-0.1, -0.05) is 0 Å². The molecule has 0 spiro atoms. The van der Waals surface area contributed by atoms with Gasteiger partial charge in [0.15, 0.2) is 0 Å². The van der Waals surface area contributed by atoms with Gasteiger partial charge in [-0.05, 0) is 19.9 Å². The van der Waals surface area contributed by atoms with Crippen LogP contribution < -0.4 is 0 Å². The maximum Gasteiger partial charge on any atom is 0.225 e. The predicted molar refractivity (Wildman–Crippen MR) is 65.5 cm³/mol. The zero-order valence-corrected chi connectivity index (χ0v) is 11.1. The molecule has 1 amide bonds. The van der Waals surface area contributed by atoms with E-state index in [4.69, 9.17) is 0 Å². The summed E-state index contributed by atoms with van der Waals surface area (Å²) in [6.45, 7) is 3.38. The second kappa shape index (κ2) is 4.94. The van der Waals surface area contributed by atoms with Crippen molar-refractivity contribution in [2.75, 3.05) is 44.7 Å². The van der Waals surface area contributed by atoms with Crippen LogP contribution in [-0.4, -0.2) is 68.9 Å². The quantitative estimate of drug-likeness (QED) is 0.643. The van der Waals surface area contributed by atoms with Crippen LogP contribution in [0.1, 0.15) is 12.8 Å². The summed E-state index contributed by atoms with van der Waals surface area (Å²) >= 11 is 0. The first-order valence-electron chi connectivity index (χ1n) is 6.16. The molecule has 6 heteroatoms. The maximum atomic E-state index is 12.2. The van der Waals surface area contributed by atoms with Crippen LogP contribution >= 0.6 is 0 Å². The summed E-state index contributed by atoms with van der Waals surface area (Å²) in [7, 11) is -0.817. The maximum absolute atomic E-state index is 12.2. The first-order chi connectivity index (χ1) is 7.98. The van der Waals surface area contributed by atoms with Crippen LogP contribution in [0, 0.1) is 5.92 Å². The third-order valence-electron chi connectivity index (χ3n) is 3.72. The van der Waals surface area contributed by atoms with E-state index in [0.29, 0.717) is 12.8 Å². The smallest absolute Gasteiger partial charge is 0.225 e. The summed E-state index contributed by atoms with van der Waals surface area (Å²) in [5.74, 6) is 0.448. The lowest BCUT2D eigenvalue weighted by molar-refractivity contribution is -0.137. The molecule has 0 bridgehead atoms. The molecule has 0 aliphatic carbocycles. The van der Waals surface area contributed by atoms with Crippen LogP contribution in [0.4, 0.5) is 0 Å². The molecule has 98 valence electrons. The summed E-state index contributed by atoms with van der Waals surface area (Å²) in [4.78, 5) is 16.3. The Morgan fingerprint density at radius 2 is 1.59 bits per heavy atom. The van der Waals surface area contributed by atoms with Crippen LogP contribution in [0.25, 0.3) is 0 Å². The Balaban J connectivity index is 1.88. The van der Waals surface area contributed by atoms with Gasteiger partial charge >= 0.3 is 0 Å². The molecule has 0 aromatic heterocycles. The van der Waals surface area contributed by atoms with Crippen molar-refractivity contribution in [3.63, 3.8) is 0 Å². The van der Waals surface area contributed by atoms with Gasteiger partial charge in [0.25, 0.3) is 0 Å². The molecule has 0 N–H and O–H groups in total. The standard InChI is InChI=1S/C11H20N2O3S/c1-12-4-6-13(7-5-12)11(14)10-2-8-17(15,16)9-3-10/h10H,2-9H2,1H3. The fourth-order valence-electron chi connectivity index (χ4n) is 2.42. The van der Waals surface area contributed by atoms with Crippen LogP contribution in [0.5, 0.6) is 0 Å². The Bertz CT molecular complexity index is 372. The van der Waals surface area contributed by atoms with Crippen molar-refractivity contribution in [2.45, 2.75) is 12.8 Å². The van der Waals surface area contributed by atoms with Crippen molar-refractivity contribution in [3.8, 4) is 0 Å². The van der Waals surface area contributed by atoms with Crippen molar-refractivity contribution in [2.24, 2.45) is 5.92 Å². The molecule has 2 saturated heterocycles. The molecule has 17 heavy (non-hydrogen) atoms. The van der Waals surface area contributed by atoms with Crippen LogP contribution in [0.3, 0.4) is 0 Å². The van der Waals surface area contributed by atoms with E-state index in [2.05, 4.69) is 11.9 Å². The van der Waals surface area contributed by atoms with Crippen LogP contribution in [0.2, 0.25) is 0 Å². The molecule has 0 saturated carbocycles. The first kappa shape index (κ1) is 12.8. The Morgan fingerprint density at radius 3 is 2.12 bits per heavy atom. The number of sulfone groups is 1. The van der Waals surface area contributed by atoms with Gasteiger partial charge in [0, 0.05) is 32.1 Å². The van der Waals surface area contributed by atoms with E-state index in [-0.39, 0.29) is 23.3 Å². The number of piperazine rings is 1. The van der Waals surface area contributed by atoms with E-state index in [0.717, 1.165) is 26.2 Å². The van der Waals surface area contributed by atoms with E-state index in [1.165, 1.54) is 0 Å². The largest absolute Gasteiger partial charge is 0.340 e. The highest BCUT2D eigenvalue weighted by molar-refractivity contribution is 7.91. The SMILES string of the molecule is CN1CCN(C(=O)C2CCS(=O)(=O)CC2)CC1. The molecule has 2 aliphatic heterocycles. The van der Waals surface area contributed by atoms with E-state index in [9.17, 15) is 13.2 Å². The molecular weight excluding hydrogens is 240 g/mol. The van der Waals surface area contributed by atoms with Crippen molar-refractivity contribution < 1.29 is 13.2 Å². The van der Waals surface area contributed by atoms with Gasteiger partial charge in [-0.25, -0.2) is 8.42 Å². The molecule has 0 atom stereocenters. The van der Waals surface area contributed by atoms with Gasteiger partial charge in [0.2, 0.25) is 5.91 Å². The normalized spacial score (nSPS) is 27.0. The lowest BCUT2D eigenvalue weighted by Crippen LogP contribution is -2.49. The minimum Gasteiger partial charge on any atom is -0.340 e. The molecule has 5 nitrogen and oxygen atoms in total. The van der Waals surface area contributed by atoms with E-state index in [1.807, 2.05) is 4.90 Å². The molecular formula is C11H20N2O3S. The molecule has 2 heterocycles. The second-order valence-corrected chi connectivity index (χ2v) is 7.36. The minimum atomic E-state index is -2.87. The highest BCUT2D eigenvalue weighted by Crippen LogP contribution is 2.21. The lowest BCUT2D eigenvalue weighted by Gasteiger charge is -2.35. The molecule has 0 aromatic rings. The highest BCUT2D eigenvalue weighted by atomic mass is 32.2. The van der Waals surface area contributed by atoms with Gasteiger partial charge in [-0.15, -0.1) is 0 Å². The Hall–Kier alpha value is -0.620. The number of carbonyl (C=O) groups is 1. The number of nitrogens with zero attached hydrogens (tertiary/aromatic N) is 2. The summed E-state index contributed by atoms with van der Waals surface area (Å²) in [6.07, 6.45) is 1.01.